The van der Waals surface area contributed by atoms with Gasteiger partial charge in [-0.05, 0) is 37.5 Å². The van der Waals surface area contributed by atoms with E-state index in [0.717, 1.165) is 37.0 Å². The van der Waals surface area contributed by atoms with Crippen LogP contribution < -0.4 is 10.1 Å². The summed E-state index contributed by atoms with van der Waals surface area (Å²) >= 11 is 0. The third kappa shape index (κ3) is 4.53. The lowest BCUT2D eigenvalue weighted by atomic mass is 10.0. The first kappa shape index (κ1) is 14.9. The van der Waals surface area contributed by atoms with Gasteiger partial charge < -0.3 is 15.2 Å². The quantitative estimate of drug-likeness (QED) is 0.838. The van der Waals surface area contributed by atoms with Crippen molar-refractivity contribution < 1.29 is 14.6 Å². The van der Waals surface area contributed by atoms with Crippen LogP contribution in [0.5, 0.6) is 5.75 Å². The van der Waals surface area contributed by atoms with Crippen LogP contribution in [0.4, 0.5) is 0 Å². The van der Waals surface area contributed by atoms with Gasteiger partial charge in [-0.2, -0.15) is 0 Å². The minimum Gasteiger partial charge on any atom is -0.493 e. The van der Waals surface area contributed by atoms with E-state index in [1.165, 1.54) is 0 Å². The van der Waals surface area contributed by atoms with Crippen molar-refractivity contribution in [1.29, 1.82) is 0 Å². The molecule has 0 unspecified atom stereocenters. The molecule has 4 nitrogen and oxygen atoms in total. The first-order chi connectivity index (χ1) is 9.57. The summed E-state index contributed by atoms with van der Waals surface area (Å²) in [5.41, 5.74) is 0.447. The predicted molar refractivity (Wildman–Crippen MR) is 77.7 cm³/mol. The molecule has 4 heteroatoms. The zero-order valence-corrected chi connectivity index (χ0v) is 12.0. The molecule has 1 amide bonds. The number of hydrogen-bond donors (Lipinski definition) is 2. The van der Waals surface area contributed by atoms with Gasteiger partial charge in [0.1, 0.15) is 5.75 Å². The fourth-order valence-corrected chi connectivity index (χ4v) is 2.53. The van der Waals surface area contributed by atoms with Crippen molar-refractivity contribution in [3.05, 3.63) is 29.8 Å². The van der Waals surface area contributed by atoms with Crippen molar-refractivity contribution in [2.75, 3.05) is 13.2 Å². The third-order valence-electron chi connectivity index (χ3n) is 3.74. The molecule has 110 valence electrons. The highest BCUT2D eigenvalue weighted by molar-refractivity contribution is 5.76. The van der Waals surface area contributed by atoms with E-state index in [-0.39, 0.29) is 5.91 Å². The SMILES string of the molecule is Cc1cccc(OCCC(=O)NCC2(O)CCCC2)c1. The van der Waals surface area contributed by atoms with Crippen LogP contribution in [0.25, 0.3) is 0 Å². The normalized spacial score (nSPS) is 16.9. The van der Waals surface area contributed by atoms with Crippen molar-refractivity contribution in [3.63, 3.8) is 0 Å². The topological polar surface area (TPSA) is 58.6 Å². The molecule has 0 saturated heterocycles. The van der Waals surface area contributed by atoms with Gasteiger partial charge in [0.05, 0.1) is 18.6 Å². The summed E-state index contributed by atoms with van der Waals surface area (Å²) in [6.07, 6.45) is 3.97. The lowest BCUT2D eigenvalue weighted by Crippen LogP contribution is -2.41. The van der Waals surface area contributed by atoms with Gasteiger partial charge in [0.25, 0.3) is 0 Å². The van der Waals surface area contributed by atoms with Crippen molar-refractivity contribution in [3.8, 4) is 5.75 Å². The molecule has 0 aromatic heterocycles. The fraction of sp³-hybridized carbons (Fsp3) is 0.562. The van der Waals surface area contributed by atoms with Gasteiger partial charge in [0, 0.05) is 6.54 Å². The maximum atomic E-state index is 11.7. The Balaban J connectivity index is 1.65. The van der Waals surface area contributed by atoms with E-state index in [1.807, 2.05) is 31.2 Å². The summed E-state index contributed by atoms with van der Waals surface area (Å²) < 4.78 is 5.53. The van der Waals surface area contributed by atoms with E-state index < -0.39 is 5.60 Å². The van der Waals surface area contributed by atoms with Crippen LogP contribution in [-0.2, 0) is 4.79 Å². The number of hydrogen-bond acceptors (Lipinski definition) is 3. The van der Waals surface area contributed by atoms with Crippen molar-refractivity contribution in [2.24, 2.45) is 0 Å². The van der Waals surface area contributed by atoms with Crippen LogP contribution in [0.2, 0.25) is 0 Å². The number of nitrogens with one attached hydrogen (secondary N) is 1. The van der Waals surface area contributed by atoms with Crippen LogP contribution in [0.15, 0.2) is 24.3 Å². The molecular formula is C16H23NO3. The minimum absolute atomic E-state index is 0.0713. The Morgan fingerprint density at radius 3 is 2.85 bits per heavy atom. The molecule has 2 rings (SSSR count). The molecule has 0 spiro atoms. The summed E-state index contributed by atoms with van der Waals surface area (Å²) in [4.78, 5) is 11.7. The maximum Gasteiger partial charge on any atom is 0.223 e. The summed E-state index contributed by atoms with van der Waals surface area (Å²) in [5.74, 6) is 0.713. The highest BCUT2D eigenvalue weighted by atomic mass is 16.5. The number of benzene rings is 1. The summed E-state index contributed by atoms with van der Waals surface area (Å²) in [6, 6.07) is 7.76. The Labute approximate surface area is 120 Å². The smallest absolute Gasteiger partial charge is 0.223 e. The Morgan fingerprint density at radius 2 is 2.15 bits per heavy atom. The second kappa shape index (κ2) is 6.75. The number of aliphatic hydroxyl groups is 1. The second-order valence-electron chi connectivity index (χ2n) is 5.62. The molecule has 0 radical (unpaired) electrons. The number of amides is 1. The monoisotopic (exact) mass is 277 g/mol. The molecule has 1 aromatic carbocycles. The molecule has 0 heterocycles. The van der Waals surface area contributed by atoms with Crippen molar-refractivity contribution in [2.45, 2.75) is 44.6 Å². The van der Waals surface area contributed by atoms with E-state index in [0.29, 0.717) is 19.6 Å². The van der Waals surface area contributed by atoms with Gasteiger partial charge >= 0.3 is 0 Å². The van der Waals surface area contributed by atoms with Crippen molar-refractivity contribution >= 4 is 5.91 Å². The Hall–Kier alpha value is -1.55. The molecule has 1 saturated carbocycles. The molecular weight excluding hydrogens is 254 g/mol. The van der Waals surface area contributed by atoms with Gasteiger partial charge in [-0.3, -0.25) is 4.79 Å². The van der Waals surface area contributed by atoms with E-state index in [4.69, 9.17) is 4.74 Å². The Morgan fingerprint density at radius 1 is 1.40 bits per heavy atom. The van der Waals surface area contributed by atoms with Gasteiger partial charge in [0.2, 0.25) is 5.91 Å². The lowest BCUT2D eigenvalue weighted by molar-refractivity contribution is -0.122. The summed E-state index contributed by atoms with van der Waals surface area (Å²) in [5, 5.41) is 12.9. The number of rotatable bonds is 6. The summed E-state index contributed by atoms with van der Waals surface area (Å²) in [7, 11) is 0. The number of carbonyl (C=O) groups excluding carboxylic acids is 1. The average Bonchev–Trinajstić information content (AvgIpc) is 2.84. The van der Waals surface area contributed by atoms with Gasteiger partial charge in [0.15, 0.2) is 0 Å². The standard InChI is InChI=1S/C16H23NO3/c1-13-5-4-6-14(11-13)20-10-7-15(18)17-12-16(19)8-2-3-9-16/h4-6,11,19H,2-3,7-10,12H2,1H3,(H,17,18). The van der Waals surface area contributed by atoms with Gasteiger partial charge in [-0.15, -0.1) is 0 Å². The van der Waals surface area contributed by atoms with Crippen LogP contribution in [0, 0.1) is 6.92 Å². The summed E-state index contributed by atoms with van der Waals surface area (Å²) in [6.45, 7) is 2.71. The molecule has 1 aliphatic carbocycles. The van der Waals surface area contributed by atoms with Crippen molar-refractivity contribution in [1.82, 2.24) is 5.32 Å². The van der Waals surface area contributed by atoms with E-state index in [9.17, 15) is 9.90 Å². The van der Waals surface area contributed by atoms with Crippen LogP contribution in [0.3, 0.4) is 0 Å². The first-order valence-corrected chi connectivity index (χ1v) is 7.26. The lowest BCUT2D eigenvalue weighted by Gasteiger charge is -2.22. The van der Waals surface area contributed by atoms with Gasteiger partial charge in [-0.25, -0.2) is 0 Å². The number of aryl methyl sites for hydroxylation is 1. The van der Waals surface area contributed by atoms with E-state index in [2.05, 4.69) is 5.32 Å². The zero-order valence-electron chi connectivity index (χ0n) is 12.0. The second-order valence-corrected chi connectivity index (χ2v) is 5.62. The molecule has 0 bridgehead atoms. The fourth-order valence-electron chi connectivity index (χ4n) is 2.53. The number of carbonyl (C=O) groups is 1. The molecule has 1 fully saturated rings. The van der Waals surface area contributed by atoms with Crippen LogP contribution >= 0.6 is 0 Å². The van der Waals surface area contributed by atoms with E-state index in [1.54, 1.807) is 0 Å². The molecule has 1 aromatic rings. The highest BCUT2D eigenvalue weighted by Gasteiger charge is 2.31. The molecule has 2 N–H and O–H groups in total. The number of ether oxygens (including phenoxy) is 1. The maximum absolute atomic E-state index is 11.7. The molecule has 0 atom stereocenters. The van der Waals surface area contributed by atoms with E-state index >= 15 is 0 Å². The molecule has 20 heavy (non-hydrogen) atoms. The predicted octanol–water partition coefficient (Wildman–Crippen LogP) is 2.19. The van der Waals surface area contributed by atoms with Crippen LogP contribution in [0.1, 0.15) is 37.7 Å². The zero-order chi connectivity index (χ0) is 14.4. The largest absolute Gasteiger partial charge is 0.493 e. The average molecular weight is 277 g/mol. The van der Waals surface area contributed by atoms with Crippen LogP contribution in [-0.4, -0.2) is 29.8 Å². The minimum atomic E-state index is -0.687. The third-order valence-corrected chi connectivity index (χ3v) is 3.74. The van der Waals surface area contributed by atoms with Gasteiger partial charge in [-0.1, -0.05) is 25.0 Å². The highest BCUT2D eigenvalue weighted by Crippen LogP contribution is 2.28. The molecule has 1 aliphatic rings. The Bertz CT molecular complexity index is 453. The Kier molecular flexibility index (Phi) is 5.01. The first-order valence-electron chi connectivity index (χ1n) is 7.26. The molecule has 0 aliphatic heterocycles.